The number of alkyl halides is 1. The molecule has 0 spiro atoms. The molecular formula is C26H31ClN4O8. The zero-order chi connectivity index (χ0) is 29.0. The summed E-state index contributed by atoms with van der Waals surface area (Å²) >= 11 is 5.41. The standard InChI is InChI=1S/C26H31ClN4O8/c1-30(2)14-5-6-15(32)18-12(14)7-11-8-13-20(31(3)4)22(35)19(25(38)29-10-28-16(33)9-27)24(37)26(13,39)23(36)17(11)21(18)34/h5-6,11,13,17,19-20,32,39H,7-10H2,1-4H3,(H,28,33)(H,29,38)/t11-,13-,17?,19?,20-,26-/m1/s1. The SMILES string of the molecule is CN(C)c1ccc(O)c2c1C[C@@H]1C[C@@H]3[C@@H](N(C)C)C(=O)C(C(=O)NCNC(=O)CCl)C(=O)[C@]3(O)C(=O)C1C2=O. The average molecular weight is 563 g/mol. The number of carbonyl (C=O) groups is 6. The molecule has 3 aliphatic carbocycles. The van der Waals surface area contributed by atoms with Gasteiger partial charge in [-0.2, -0.15) is 0 Å². The van der Waals surface area contributed by atoms with E-state index in [0.717, 1.165) is 0 Å². The first-order valence-electron chi connectivity index (χ1n) is 12.4. The molecule has 3 aliphatic rings. The highest BCUT2D eigenvalue weighted by molar-refractivity contribution is 6.32. The number of fused-ring (bicyclic) bond motifs is 3. The number of halogens is 1. The van der Waals surface area contributed by atoms with Gasteiger partial charge in [-0.15, -0.1) is 11.6 Å². The molecule has 1 aromatic carbocycles. The van der Waals surface area contributed by atoms with Crippen molar-refractivity contribution in [3.63, 3.8) is 0 Å². The van der Waals surface area contributed by atoms with Crippen molar-refractivity contribution in [2.24, 2.45) is 23.7 Å². The van der Waals surface area contributed by atoms with E-state index in [1.54, 1.807) is 25.1 Å². The van der Waals surface area contributed by atoms with Crippen molar-refractivity contribution >= 4 is 52.2 Å². The number of likely N-dealkylation sites (N-methyl/N-ethyl adjacent to an activating group) is 1. The number of amides is 2. The highest BCUT2D eigenvalue weighted by Gasteiger charge is 2.69. The zero-order valence-corrected chi connectivity index (χ0v) is 22.7. The fourth-order valence-electron chi connectivity index (χ4n) is 6.37. The Bertz CT molecular complexity index is 1280. The lowest BCUT2D eigenvalue weighted by Crippen LogP contribution is -2.74. The second-order valence-corrected chi connectivity index (χ2v) is 11.0. The van der Waals surface area contributed by atoms with Gasteiger partial charge in [0.25, 0.3) is 0 Å². The lowest BCUT2D eigenvalue weighted by Gasteiger charge is -2.52. The van der Waals surface area contributed by atoms with Crippen molar-refractivity contribution in [3.8, 4) is 5.75 Å². The molecule has 210 valence electrons. The molecule has 2 amide bonds. The zero-order valence-electron chi connectivity index (χ0n) is 22.0. The number of carbonyl (C=O) groups excluding carboxylic acids is 6. The van der Waals surface area contributed by atoms with Gasteiger partial charge in [-0.3, -0.25) is 33.7 Å². The normalized spacial score (nSPS) is 29.9. The summed E-state index contributed by atoms with van der Waals surface area (Å²) in [6, 6.07) is 1.84. The van der Waals surface area contributed by atoms with Crippen LogP contribution in [0, 0.1) is 23.7 Å². The first-order chi connectivity index (χ1) is 18.3. The van der Waals surface area contributed by atoms with Crippen LogP contribution in [-0.4, -0.2) is 102 Å². The van der Waals surface area contributed by atoms with Gasteiger partial charge in [-0.1, -0.05) is 0 Å². The summed E-state index contributed by atoms with van der Waals surface area (Å²) in [6.07, 6.45) is 0.194. The number of aliphatic hydroxyl groups is 1. The van der Waals surface area contributed by atoms with E-state index in [1.165, 1.54) is 25.1 Å². The summed E-state index contributed by atoms with van der Waals surface area (Å²) in [5.41, 5.74) is -1.59. The summed E-state index contributed by atoms with van der Waals surface area (Å²) in [7, 11) is 6.63. The van der Waals surface area contributed by atoms with E-state index in [9.17, 15) is 39.0 Å². The smallest absolute Gasteiger partial charge is 0.239 e. The number of Topliss-reactive ketones (excluding diaryl/α,β-unsaturated/α-hetero) is 4. The second kappa shape index (κ2) is 10.3. The molecule has 0 aromatic heterocycles. The van der Waals surface area contributed by atoms with Gasteiger partial charge in [-0.05, 0) is 50.6 Å². The quantitative estimate of drug-likeness (QED) is 0.189. The van der Waals surface area contributed by atoms with Crippen molar-refractivity contribution in [1.29, 1.82) is 0 Å². The molecule has 0 heterocycles. The topological polar surface area (TPSA) is 173 Å². The lowest BCUT2D eigenvalue weighted by atomic mass is 9.52. The first kappa shape index (κ1) is 28.7. The Balaban J connectivity index is 1.75. The largest absolute Gasteiger partial charge is 0.507 e. The van der Waals surface area contributed by atoms with Crippen LogP contribution >= 0.6 is 11.6 Å². The molecule has 12 nitrogen and oxygen atoms in total. The van der Waals surface area contributed by atoms with Crippen LogP contribution in [0.25, 0.3) is 0 Å². The minimum Gasteiger partial charge on any atom is -0.507 e. The van der Waals surface area contributed by atoms with E-state index in [4.69, 9.17) is 11.6 Å². The number of phenols is 1. The van der Waals surface area contributed by atoms with Crippen LogP contribution in [0.5, 0.6) is 5.75 Å². The Kier molecular flexibility index (Phi) is 7.58. The van der Waals surface area contributed by atoms with Gasteiger partial charge in [0, 0.05) is 25.7 Å². The number of benzene rings is 1. The van der Waals surface area contributed by atoms with Crippen molar-refractivity contribution in [2.75, 3.05) is 45.6 Å². The molecule has 0 aliphatic heterocycles. The maximum Gasteiger partial charge on any atom is 0.239 e. The molecule has 1 aromatic rings. The molecule has 6 atom stereocenters. The van der Waals surface area contributed by atoms with E-state index < -0.39 is 76.9 Å². The Labute approximate surface area is 229 Å². The molecule has 2 unspecified atom stereocenters. The van der Waals surface area contributed by atoms with Crippen LogP contribution < -0.4 is 15.5 Å². The number of hydrogen-bond donors (Lipinski definition) is 4. The summed E-state index contributed by atoms with van der Waals surface area (Å²) in [5.74, 6) is -11.6. The van der Waals surface area contributed by atoms with Gasteiger partial charge in [0.1, 0.15) is 11.6 Å². The van der Waals surface area contributed by atoms with Crippen molar-refractivity contribution in [2.45, 2.75) is 24.5 Å². The van der Waals surface area contributed by atoms with Gasteiger partial charge in [0.15, 0.2) is 34.7 Å². The number of hydrogen-bond acceptors (Lipinski definition) is 10. The highest BCUT2D eigenvalue weighted by Crippen LogP contribution is 2.51. The fraction of sp³-hybridized carbons (Fsp3) is 0.538. The minimum absolute atomic E-state index is 0.0128. The number of aromatic hydroxyl groups is 1. The number of ketones is 4. The van der Waals surface area contributed by atoms with Crippen LogP contribution in [0.1, 0.15) is 22.3 Å². The van der Waals surface area contributed by atoms with Crippen molar-refractivity contribution in [3.05, 3.63) is 23.3 Å². The molecule has 39 heavy (non-hydrogen) atoms. The van der Waals surface area contributed by atoms with Crippen LogP contribution in [-0.2, 0) is 30.4 Å². The minimum atomic E-state index is -2.78. The number of rotatable bonds is 6. The predicted octanol–water partition coefficient (Wildman–Crippen LogP) is -1.12. The highest BCUT2D eigenvalue weighted by atomic mass is 35.5. The van der Waals surface area contributed by atoms with Gasteiger partial charge in [-0.25, -0.2) is 0 Å². The molecule has 2 fully saturated rings. The molecular weight excluding hydrogens is 532 g/mol. The number of nitrogens with one attached hydrogen (secondary N) is 2. The Morgan fingerprint density at radius 2 is 1.74 bits per heavy atom. The van der Waals surface area contributed by atoms with Crippen LogP contribution in [0.2, 0.25) is 0 Å². The molecule has 13 heteroatoms. The Morgan fingerprint density at radius 3 is 2.33 bits per heavy atom. The molecule has 2 saturated carbocycles. The van der Waals surface area contributed by atoms with Gasteiger partial charge < -0.3 is 25.7 Å². The molecule has 4 N–H and O–H groups in total. The number of anilines is 1. The van der Waals surface area contributed by atoms with Crippen LogP contribution in [0.3, 0.4) is 0 Å². The van der Waals surface area contributed by atoms with Crippen molar-refractivity contribution in [1.82, 2.24) is 15.5 Å². The third-order valence-corrected chi connectivity index (χ3v) is 8.29. The fourth-order valence-corrected chi connectivity index (χ4v) is 6.46. The summed E-state index contributed by atoms with van der Waals surface area (Å²) in [4.78, 5) is 82.4. The van der Waals surface area contributed by atoms with Gasteiger partial charge in [0.05, 0.1) is 24.2 Å². The third-order valence-electron chi connectivity index (χ3n) is 8.05. The Morgan fingerprint density at radius 1 is 1.08 bits per heavy atom. The van der Waals surface area contributed by atoms with E-state index in [1.807, 2.05) is 0 Å². The van der Waals surface area contributed by atoms with E-state index in [2.05, 4.69) is 10.6 Å². The maximum absolute atomic E-state index is 13.9. The lowest BCUT2D eigenvalue weighted by molar-refractivity contribution is -0.181. The number of nitrogens with zero attached hydrogens (tertiary/aromatic N) is 2. The van der Waals surface area contributed by atoms with E-state index in [-0.39, 0.29) is 30.0 Å². The van der Waals surface area contributed by atoms with Crippen LogP contribution in [0.15, 0.2) is 12.1 Å². The van der Waals surface area contributed by atoms with Crippen LogP contribution in [0.4, 0.5) is 5.69 Å². The molecule has 4 rings (SSSR count). The summed E-state index contributed by atoms with van der Waals surface area (Å²) in [6.45, 7) is -0.433. The average Bonchev–Trinajstić information content (AvgIpc) is 2.85. The molecule has 0 saturated heterocycles. The molecule has 0 radical (unpaired) electrons. The monoisotopic (exact) mass is 562 g/mol. The Hall–Kier alpha value is -3.35. The third kappa shape index (κ3) is 4.40. The maximum atomic E-state index is 13.9. The van der Waals surface area contributed by atoms with E-state index in [0.29, 0.717) is 11.3 Å². The van der Waals surface area contributed by atoms with Gasteiger partial charge >= 0.3 is 0 Å². The van der Waals surface area contributed by atoms with E-state index >= 15 is 0 Å². The van der Waals surface area contributed by atoms with Crippen molar-refractivity contribution < 1.29 is 39.0 Å². The number of phenolic OH excluding ortho intramolecular Hbond substituents is 1. The summed E-state index contributed by atoms with van der Waals surface area (Å²) in [5, 5.41) is 26.8. The second-order valence-electron chi connectivity index (χ2n) is 10.7. The molecule has 0 bridgehead atoms. The van der Waals surface area contributed by atoms with Gasteiger partial charge in [0.2, 0.25) is 11.8 Å². The first-order valence-corrected chi connectivity index (χ1v) is 13.0. The summed E-state index contributed by atoms with van der Waals surface area (Å²) < 4.78 is 0. The predicted molar refractivity (Wildman–Crippen MR) is 138 cm³/mol.